The van der Waals surface area contributed by atoms with Crippen molar-refractivity contribution in [1.82, 2.24) is 49.8 Å². The number of Topliss-reactive ketones (excluding diaryl/α,β-unsaturated/α-hetero) is 1. The molecule has 5 N–H and O–H groups in total. The molecule has 0 unspecified atom stereocenters. The Labute approximate surface area is 445 Å². The first kappa shape index (κ1) is 49.0. The minimum absolute atomic E-state index is 0.126. The summed E-state index contributed by atoms with van der Waals surface area (Å²) < 4.78 is 0. The summed E-state index contributed by atoms with van der Waals surface area (Å²) in [6.45, 7) is 1.44. The van der Waals surface area contributed by atoms with E-state index in [9.17, 15) is 14.9 Å². The number of pyridine rings is 4. The lowest BCUT2D eigenvalue weighted by Gasteiger charge is -2.12. The molecule has 0 saturated carbocycles. The van der Waals surface area contributed by atoms with Crippen LogP contribution in [0.5, 0.6) is 0 Å². The van der Waals surface area contributed by atoms with E-state index in [2.05, 4.69) is 39.9 Å². The maximum Gasteiger partial charge on any atom is 0.209 e. The molecule has 0 bridgehead atoms. The van der Waals surface area contributed by atoms with Crippen LogP contribution in [0.4, 0.5) is 11.6 Å². The summed E-state index contributed by atoms with van der Waals surface area (Å²) in [7, 11) is 0. The number of rotatable bonds is 7. The number of nitrogens with two attached hydrogens (primary N) is 2. The van der Waals surface area contributed by atoms with E-state index in [1.165, 1.54) is 13.0 Å². The van der Waals surface area contributed by atoms with Gasteiger partial charge < -0.3 is 16.5 Å². The van der Waals surface area contributed by atoms with Crippen molar-refractivity contribution in [2.45, 2.75) is 6.92 Å². The van der Waals surface area contributed by atoms with Crippen LogP contribution in [0, 0.1) is 11.3 Å². The number of nitrogen functional groups attached to an aromatic ring is 2. The largest absolute Gasteiger partial charge is 0.382 e. The number of hydrogen-bond acceptors (Lipinski definition) is 14. The third kappa shape index (κ3) is 10.2. The van der Waals surface area contributed by atoms with E-state index < -0.39 is 0 Å². The van der Waals surface area contributed by atoms with E-state index in [0.717, 1.165) is 71.8 Å². The number of carbonyl (C=O) groups excluding carboxylic acids is 1. The summed E-state index contributed by atoms with van der Waals surface area (Å²) in [5, 5.41) is 12.3. The Balaban J connectivity index is 0.000000124. The number of ketones is 1. The average Bonchev–Trinajstić information content (AvgIpc) is 3.61. The molecule has 0 aliphatic heterocycles. The van der Waals surface area contributed by atoms with Crippen LogP contribution in [-0.2, 0) is 0 Å². The molecular formula is C63H43N13O2. The summed E-state index contributed by atoms with van der Waals surface area (Å²) in [6, 6.07) is 62.1. The SMILES string of the molecule is CC(=O)c1nc(-c2ccc3ncccc3c2)c(-c2ccccc2)nc1N.N#Cc1nc(-c2ccc3ncccc3c2)c(-c2ccccc2)nc1N.O=c1cc[nH]c2nc(-c3ccccc3)c(-c3ccc4ncccc4c3)nc12. The van der Waals surface area contributed by atoms with E-state index >= 15 is 0 Å². The lowest BCUT2D eigenvalue weighted by atomic mass is 10.0. The predicted molar refractivity (Wildman–Crippen MR) is 306 cm³/mol. The van der Waals surface area contributed by atoms with Gasteiger partial charge in [-0.2, -0.15) is 5.26 Å². The third-order valence-electron chi connectivity index (χ3n) is 12.6. The van der Waals surface area contributed by atoms with Gasteiger partial charge in [-0.1, -0.05) is 127 Å². The molecule has 6 aromatic carbocycles. The molecule has 0 saturated heterocycles. The molecule has 0 aliphatic carbocycles. The number of H-pyrrole nitrogens is 1. The van der Waals surface area contributed by atoms with Gasteiger partial charge in [0.1, 0.15) is 11.8 Å². The molecule has 13 aromatic rings. The fraction of sp³-hybridized carbons (Fsp3) is 0.0159. The number of aromatic nitrogens is 10. The molecule has 15 heteroatoms. The Kier molecular flexibility index (Phi) is 13.6. The summed E-state index contributed by atoms with van der Waals surface area (Å²) in [4.78, 5) is 67.7. The van der Waals surface area contributed by atoms with Gasteiger partial charge in [-0.25, -0.2) is 29.9 Å². The van der Waals surface area contributed by atoms with Crippen molar-refractivity contribution in [3.05, 3.63) is 234 Å². The highest BCUT2D eigenvalue weighted by molar-refractivity contribution is 5.98. The normalized spacial score (nSPS) is 10.8. The molecule has 0 amide bonds. The Bertz CT molecular complexity index is 4490. The highest BCUT2D eigenvalue weighted by Gasteiger charge is 2.20. The van der Waals surface area contributed by atoms with Crippen molar-refractivity contribution in [2.75, 3.05) is 11.5 Å². The molecule has 0 fully saturated rings. The van der Waals surface area contributed by atoms with Gasteiger partial charge in [0, 0.05) is 87.3 Å². The number of nitrogens with one attached hydrogen (secondary N) is 1. The fourth-order valence-electron chi connectivity index (χ4n) is 8.89. The Morgan fingerprint density at radius 3 is 1.31 bits per heavy atom. The maximum absolute atomic E-state index is 12.3. The van der Waals surface area contributed by atoms with Crippen LogP contribution in [0.1, 0.15) is 23.1 Å². The summed E-state index contributed by atoms with van der Waals surface area (Å²) >= 11 is 0. The number of nitrogens with zero attached hydrogens (tertiary/aromatic N) is 10. The molecule has 7 heterocycles. The van der Waals surface area contributed by atoms with Crippen LogP contribution in [-0.4, -0.2) is 55.6 Å². The fourth-order valence-corrected chi connectivity index (χ4v) is 8.89. The van der Waals surface area contributed by atoms with Crippen molar-refractivity contribution in [2.24, 2.45) is 0 Å². The zero-order valence-electron chi connectivity index (χ0n) is 41.7. The van der Waals surface area contributed by atoms with E-state index in [1.807, 2.05) is 188 Å². The van der Waals surface area contributed by atoms with E-state index in [0.29, 0.717) is 39.6 Å². The van der Waals surface area contributed by atoms with Gasteiger partial charge in [-0.15, -0.1) is 0 Å². The number of hydrogen-bond donors (Lipinski definition) is 3. The highest BCUT2D eigenvalue weighted by atomic mass is 16.1. The average molecular weight is 1010 g/mol. The number of anilines is 2. The lowest BCUT2D eigenvalue weighted by molar-refractivity contribution is 0.101. The quantitative estimate of drug-likeness (QED) is 0.126. The van der Waals surface area contributed by atoms with Crippen LogP contribution in [0.25, 0.3) is 111 Å². The Hall–Kier alpha value is -11.2. The Morgan fingerprint density at radius 1 is 0.449 bits per heavy atom. The molecule has 0 atom stereocenters. The van der Waals surface area contributed by atoms with Crippen LogP contribution >= 0.6 is 0 Å². The van der Waals surface area contributed by atoms with Gasteiger partial charge in [0.25, 0.3) is 0 Å². The lowest BCUT2D eigenvalue weighted by Crippen LogP contribution is -2.08. The number of fused-ring (bicyclic) bond motifs is 4. The van der Waals surface area contributed by atoms with Crippen molar-refractivity contribution in [3.8, 4) is 73.6 Å². The van der Waals surface area contributed by atoms with Crippen molar-refractivity contribution in [1.29, 1.82) is 5.26 Å². The second kappa shape index (κ2) is 21.7. The van der Waals surface area contributed by atoms with E-state index in [1.54, 1.807) is 24.8 Å². The van der Waals surface area contributed by atoms with Gasteiger partial charge in [0.05, 0.1) is 50.7 Å². The highest BCUT2D eigenvalue weighted by Crippen LogP contribution is 2.35. The molecular weight excluding hydrogens is 971 g/mol. The summed E-state index contributed by atoms with van der Waals surface area (Å²) in [6.07, 6.45) is 6.88. The molecule has 372 valence electrons. The van der Waals surface area contributed by atoms with Crippen molar-refractivity contribution >= 4 is 61.3 Å². The zero-order chi connectivity index (χ0) is 53.5. The number of nitriles is 1. The first-order chi connectivity index (χ1) is 38.2. The number of benzene rings is 6. The first-order valence-corrected chi connectivity index (χ1v) is 24.6. The molecule has 7 aromatic heterocycles. The minimum Gasteiger partial charge on any atom is -0.382 e. The molecule has 0 spiro atoms. The zero-order valence-corrected chi connectivity index (χ0v) is 41.7. The first-order valence-electron chi connectivity index (χ1n) is 24.6. The van der Waals surface area contributed by atoms with Gasteiger partial charge in [0.15, 0.2) is 34.3 Å². The topological polar surface area (TPSA) is 242 Å². The standard InChI is InChI=1S/C22H14N4O.C21H16N4O.C20H13N5/c27-18-10-12-24-22-21(18)25-20(19(26-22)14-5-2-1-3-6-14)16-8-9-17-15(13-16)7-4-11-23-17;1-13(26)18-21(22)25-19(14-6-3-2-4-7-14)20(24-18)16-9-10-17-15(12-16)8-5-11-23-17;21-12-17-20(22)25-18(13-5-2-1-3-6-13)19(24-17)15-8-9-16-14(11-15)7-4-10-23-16/h1-13H,(H,24,26,27);2-12H,1H3,(H2,22,25);1-11H,(H2,22,25). The van der Waals surface area contributed by atoms with Gasteiger partial charge in [-0.05, 0) is 54.6 Å². The monoisotopic (exact) mass is 1010 g/mol. The predicted octanol–water partition coefficient (Wildman–Crippen LogP) is 12.2. The molecule has 0 radical (unpaired) electrons. The maximum atomic E-state index is 12.3. The number of aromatic amines is 1. The van der Waals surface area contributed by atoms with Crippen LogP contribution in [0.15, 0.2) is 218 Å². The molecule has 0 aliphatic rings. The molecule has 78 heavy (non-hydrogen) atoms. The summed E-state index contributed by atoms with van der Waals surface area (Å²) in [5.41, 5.74) is 24.9. The van der Waals surface area contributed by atoms with Gasteiger partial charge in [-0.3, -0.25) is 24.5 Å². The minimum atomic E-state index is -0.210. The summed E-state index contributed by atoms with van der Waals surface area (Å²) in [5.74, 6) is 0.0634. The van der Waals surface area contributed by atoms with Gasteiger partial charge >= 0.3 is 0 Å². The second-order valence-electron chi connectivity index (χ2n) is 17.8. The Morgan fingerprint density at radius 2 is 0.859 bits per heavy atom. The van der Waals surface area contributed by atoms with Crippen molar-refractivity contribution in [3.63, 3.8) is 0 Å². The second-order valence-corrected chi connectivity index (χ2v) is 17.8. The molecule has 15 nitrogen and oxygen atoms in total. The number of carbonyl (C=O) groups is 1. The van der Waals surface area contributed by atoms with Crippen LogP contribution in [0.2, 0.25) is 0 Å². The van der Waals surface area contributed by atoms with Crippen molar-refractivity contribution < 1.29 is 4.79 Å². The van der Waals surface area contributed by atoms with E-state index in [-0.39, 0.29) is 34.2 Å². The van der Waals surface area contributed by atoms with E-state index in [4.69, 9.17) is 21.4 Å². The van der Waals surface area contributed by atoms with Gasteiger partial charge in [0.2, 0.25) is 5.43 Å². The van der Waals surface area contributed by atoms with Crippen LogP contribution < -0.4 is 16.9 Å². The smallest absolute Gasteiger partial charge is 0.209 e. The molecule has 13 rings (SSSR count). The third-order valence-corrected chi connectivity index (χ3v) is 12.6. The van der Waals surface area contributed by atoms with Crippen LogP contribution in [0.3, 0.4) is 0 Å².